The summed E-state index contributed by atoms with van der Waals surface area (Å²) < 4.78 is 5.28. The first kappa shape index (κ1) is 11.3. The molecule has 4 heteroatoms. The molecule has 0 saturated carbocycles. The maximum absolute atomic E-state index is 11.0. The number of rotatable bonds is 5. The molecule has 3 N–H and O–H groups in total. The van der Waals surface area contributed by atoms with Gasteiger partial charge in [-0.2, -0.15) is 0 Å². The molecule has 1 amide bonds. The summed E-state index contributed by atoms with van der Waals surface area (Å²) in [5.41, 5.74) is 6.01. The van der Waals surface area contributed by atoms with Crippen molar-refractivity contribution < 1.29 is 9.53 Å². The zero-order chi connectivity index (χ0) is 11.1. The molecule has 0 unspecified atom stereocenters. The molecule has 0 heterocycles. The summed E-state index contributed by atoms with van der Waals surface area (Å²) in [5, 5.41) is 2.64. The molecule has 0 spiro atoms. The van der Waals surface area contributed by atoms with Gasteiger partial charge in [-0.25, -0.2) is 0 Å². The first-order valence-electron chi connectivity index (χ1n) is 4.62. The fourth-order valence-corrected chi connectivity index (χ4v) is 1.00. The van der Waals surface area contributed by atoms with Gasteiger partial charge in [0.1, 0.15) is 12.4 Å². The number of anilines is 1. The monoisotopic (exact) mass is 206 g/mol. The fourth-order valence-electron chi connectivity index (χ4n) is 1.00. The summed E-state index contributed by atoms with van der Waals surface area (Å²) >= 11 is 0. The zero-order valence-corrected chi connectivity index (χ0v) is 8.40. The molecule has 1 aromatic rings. The highest BCUT2D eigenvalue weighted by Gasteiger charge is 1.97. The topological polar surface area (TPSA) is 64.3 Å². The van der Waals surface area contributed by atoms with Crippen LogP contribution in [0.4, 0.5) is 5.69 Å². The van der Waals surface area contributed by atoms with Gasteiger partial charge in [-0.15, -0.1) is 0 Å². The van der Waals surface area contributed by atoms with Crippen LogP contribution in [0.2, 0.25) is 0 Å². The van der Waals surface area contributed by atoms with Crippen molar-refractivity contribution in [1.82, 2.24) is 0 Å². The van der Waals surface area contributed by atoms with Gasteiger partial charge in [0.25, 0.3) is 0 Å². The van der Waals surface area contributed by atoms with Gasteiger partial charge >= 0.3 is 0 Å². The Kier molecular flexibility index (Phi) is 4.37. The Balaban J connectivity index is 2.55. The first-order valence-corrected chi connectivity index (χ1v) is 4.62. The normalized spacial score (nSPS) is 9.40. The lowest BCUT2D eigenvalue weighted by molar-refractivity contribution is -0.111. The molecule has 0 aliphatic heterocycles. The van der Waals surface area contributed by atoms with E-state index in [1.165, 1.54) is 6.08 Å². The number of carbonyl (C=O) groups excluding carboxylic acids is 1. The largest absolute Gasteiger partial charge is 0.492 e. The van der Waals surface area contributed by atoms with E-state index in [1.807, 2.05) is 0 Å². The predicted octanol–water partition coefficient (Wildman–Crippen LogP) is 1.15. The molecular weight excluding hydrogens is 192 g/mol. The van der Waals surface area contributed by atoms with E-state index in [-0.39, 0.29) is 5.91 Å². The second-order valence-corrected chi connectivity index (χ2v) is 2.85. The van der Waals surface area contributed by atoms with Crippen LogP contribution in [0.25, 0.3) is 0 Å². The second-order valence-electron chi connectivity index (χ2n) is 2.85. The molecule has 0 radical (unpaired) electrons. The van der Waals surface area contributed by atoms with E-state index in [1.54, 1.807) is 24.3 Å². The number of hydrogen-bond acceptors (Lipinski definition) is 3. The molecule has 0 aliphatic rings. The number of hydrogen-bond donors (Lipinski definition) is 2. The van der Waals surface area contributed by atoms with Crippen LogP contribution in [0, 0.1) is 0 Å². The van der Waals surface area contributed by atoms with Crippen molar-refractivity contribution in [3.05, 3.63) is 36.9 Å². The van der Waals surface area contributed by atoms with Crippen molar-refractivity contribution in [2.75, 3.05) is 18.5 Å². The molecule has 0 aromatic heterocycles. The molecule has 1 aromatic carbocycles. The highest BCUT2D eigenvalue weighted by atomic mass is 16.5. The Labute approximate surface area is 88.7 Å². The van der Waals surface area contributed by atoms with Crippen LogP contribution in [0.3, 0.4) is 0 Å². The van der Waals surface area contributed by atoms with Gasteiger partial charge in [0, 0.05) is 12.2 Å². The van der Waals surface area contributed by atoms with E-state index in [0.717, 1.165) is 5.75 Å². The standard InChI is InChI=1S/C11H14N2O2/c1-2-11(14)13-9-3-5-10(6-4-9)15-8-7-12/h2-6H,1,7-8,12H2,(H,13,14). The smallest absolute Gasteiger partial charge is 0.247 e. The van der Waals surface area contributed by atoms with E-state index >= 15 is 0 Å². The third kappa shape index (κ3) is 3.83. The molecule has 1 rings (SSSR count). The number of benzene rings is 1. The molecule has 4 nitrogen and oxygen atoms in total. The van der Waals surface area contributed by atoms with Crippen LogP contribution < -0.4 is 15.8 Å². The van der Waals surface area contributed by atoms with Gasteiger partial charge in [0.2, 0.25) is 5.91 Å². The van der Waals surface area contributed by atoms with Crippen molar-refractivity contribution in [2.24, 2.45) is 5.73 Å². The lowest BCUT2D eigenvalue weighted by atomic mass is 10.3. The van der Waals surface area contributed by atoms with E-state index in [0.29, 0.717) is 18.8 Å². The predicted molar refractivity (Wildman–Crippen MR) is 59.8 cm³/mol. The van der Waals surface area contributed by atoms with Gasteiger partial charge in [-0.1, -0.05) is 6.58 Å². The van der Waals surface area contributed by atoms with Crippen LogP contribution in [0.1, 0.15) is 0 Å². The molecule has 0 atom stereocenters. The Morgan fingerprint density at radius 1 is 1.47 bits per heavy atom. The third-order valence-electron chi connectivity index (χ3n) is 1.69. The SMILES string of the molecule is C=CC(=O)Nc1ccc(OCCN)cc1. The van der Waals surface area contributed by atoms with Gasteiger partial charge in [0.15, 0.2) is 0 Å². The van der Waals surface area contributed by atoms with Gasteiger partial charge < -0.3 is 15.8 Å². The van der Waals surface area contributed by atoms with Gasteiger partial charge in [-0.05, 0) is 30.3 Å². The lowest BCUT2D eigenvalue weighted by Crippen LogP contribution is -2.10. The Hall–Kier alpha value is -1.81. The average molecular weight is 206 g/mol. The molecule has 0 fully saturated rings. The summed E-state index contributed by atoms with van der Waals surface area (Å²) in [4.78, 5) is 11.0. The van der Waals surface area contributed by atoms with Crippen LogP contribution >= 0.6 is 0 Å². The minimum absolute atomic E-state index is 0.231. The zero-order valence-electron chi connectivity index (χ0n) is 8.40. The second kappa shape index (κ2) is 5.82. The molecule has 0 saturated heterocycles. The molecule has 0 aliphatic carbocycles. The molecule has 0 bridgehead atoms. The Morgan fingerprint density at radius 3 is 2.67 bits per heavy atom. The van der Waals surface area contributed by atoms with Crippen molar-refractivity contribution >= 4 is 11.6 Å². The maximum atomic E-state index is 11.0. The Bertz CT molecular complexity index is 333. The average Bonchev–Trinajstić information content (AvgIpc) is 2.28. The van der Waals surface area contributed by atoms with Crippen LogP contribution in [0.15, 0.2) is 36.9 Å². The van der Waals surface area contributed by atoms with Crippen LogP contribution in [-0.2, 0) is 4.79 Å². The van der Waals surface area contributed by atoms with Gasteiger partial charge in [-0.3, -0.25) is 4.79 Å². The molecule has 80 valence electrons. The maximum Gasteiger partial charge on any atom is 0.247 e. The number of carbonyl (C=O) groups is 1. The van der Waals surface area contributed by atoms with Crippen molar-refractivity contribution in [1.29, 1.82) is 0 Å². The summed E-state index contributed by atoms with van der Waals surface area (Å²) in [7, 11) is 0. The highest BCUT2D eigenvalue weighted by Crippen LogP contribution is 2.15. The van der Waals surface area contributed by atoms with E-state index in [9.17, 15) is 4.79 Å². The lowest BCUT2D eigenvalue weighted by Gasteiger charge is -2.06. The van der Waals surface area contributed by atoms with Crippen molar-refractivity contribution in [3.63, 3.8) is 0 Å². The van der Waals surface area contributed by atoms with Crippen LogP contribution in [0.5, 0.6) is 5.75 Å². The van der Waals surface area contributed by atoms with E-state index in [2.05, 4.69) is 11.9 Å². The minimum atomic E-state index is -0.231. The fraction of sp³-hybridized carbons (Fsp3) is 0.182. The molecule has 15 heavy (non-hydrogen) atoms. The summed E-state index contributed by atoms with van der Waals surface area (Å²) in [6.07, 6.45) is 1.22. The third-order valence-corrected chi connectivity index (χ3v) is 1.69. The number of nitrogens with one attached hydrogen (secondary N) is 1. The number of amides is 1. The number of nitrogens with two attached hydrogens (primary N) is 1. The minimum Gasteiger partial charge on any atom is -0.492 e. The van der Waals surface area contributed by atoms with Crippen molar-refractivity contribution in [3.8, 4) is 5.75 Å². The van der Waals surface area contributed by atoms with Crippen LogP contribution in [-0.4, -0.2) is 19.1 Å². The summed E-state index contributed by atoms with van der Waals surface area (Å²) in [6.45, 7) is 4.33. The first-order chi connectivity index (χ1) is 7.26. The van der Waals surface area contributed by atoms with Gasteiger partial charge in [0.05, 0.1) is 0 Å². The molecular formula is C11H14N2O2. The summed E-state index contributed by atoms with van der Waals surface area (Å²) in [6, 6.07) is 7.06. The van der Waals surface area contributed by atoms with E-state index < -0.39 is 0 Å². The van der Waals surface area contributed by atoms with E-state index in [4.69, 9.17) is 10.5 Å². The quantitative estimate of drug-likeness (QED) is 0.710. The number of ether oxygens (including phenoxy) is 1. The van der Waals surface area contributed by atoms with Crippen molar-refractivity contribution in [2.45, 2.75) is 0 Å². The summed E-state index contributed by atoms with van der Waals surface area (Å²) in [5.74, 6) is 0.502. The highest BCUT2D eigenvalue weighted by molar-refractivity contribution is 5.98. The Morgan fingerprint density at radius 2 is 2.13 bits per heavy atom.